The van der Waals surface area contributed by atoms with Crippen LogP contribution in [0, 0.1) is 0 Å². The summed E-state index contributed by atoms with van der Waals surface area (Å²) in [5.74, 6) is 0. The van der Waals surface area contributed by atoms with Crippen LogP contribution in [0.5, 0.6) is 0 Å². The van der Waals surface area contributed by atoms with E-state index < -0.39 is 0 Å². The lowest BCUT2D eigenvalue weighted by Crippen LogP contribution is -2.28. The zero-order chi connectivity index (χ0) is 12.8. The Morgan fingerprint density at radius 3 is 2.44 bits per heavy atom. The number of benzene rings is 1. The topological polar surface area (TPSA) is 32.5 Å². The molecule has 0 spiro atoms. The Morgan fingerprint density at radius 2 is 1.72 bits per heavy atom. The van der Waals surface area contributed by atoms with Crippen LogP contribution >= 0.6 is 0 Å². The number of nitrogens with two attached hydrogens (primary N) is 1. The predicted octanol–water partition coefficient (Wildman–Crippen LogP) is 1.33. The van der Waals surface area contributed by atoms with Crippen molar-refractivity contribution in [1.29, 1.82) is 0 Å². The van der Waals surface area contributed by atoms with E-state index in [0.717, 1.165) is 19.5 Å². The molecule has 1 fully saturated rings. The van der Waals surface area contributed by atoms with Crippen LogP contribution in [-0.2, 0) is 13.0 Å². The fourth-order valence-electron chi connectivity index (χ4n) is 2.49. The third-order valence-corrected chi connectivity index (χ3v) is 3.67. The minimum absolute atomic E-state index is 0.734. The Balaban J connectivity index is 1.88. The Bertz CT molecular complexity index is 347. The molecule has 0 radical (unpaired) electrons. The molecule has 1 saturated heterocycles. The van der Waals surface area contributed by atoms with Gasteiger partial charge in [-0.25, -0.2) is 0 Å². The maximum Gasteiger partial charge on any atom is 0.0234 e. The average molecular weight is 247 g/mol. The van der Waals surface area contributed by atoms with Crippen LogP contribution in [0.3, 0.4) is 0 Å². The van der Waals surface area contributed by atoms with Crippen LogP contribution in [-0.4, -0.2) is 49.6 Å². The van der Waals surface area contributed by atoms with Gasteiger partial charge in [-0.1, -0.05) is 24.3 Å². The van der Waals surface area contributed by atoms with Crippen LogP contribution in [0.4, 0.5) is 0 Å². The van der Waals surface area contributed by atoms with E-state index in [1.54, 1.807) is 0 Å². The summed E-state index contributed by atoms with van der Waals surface area (Å²) in [7, 11) is 2.21. The first-order valence-electron chi connectivity index (χ1n) is 6.97. The molecule has 0 aromatic heterocycles. The summed E-state index contributed by atoms with van der Waals surface area (Å²) >= 11 is 0. The van der Waals surface area contributed by atoms with Crippen molar-refractivity contribution in [2.24, 2.45) is 5.73 Å². The van der Waals surface area contributed by atoms with Crippen LogP contribution in [0.15, 0.2) is 24.3 Å². The van der Waals surface area contributed by atoms with Crippen molar-refractivity contribution < 1.29 is 0 Å². The van der Waals surface area contributed by atoms with Crippen LogP contribution in [0.1, 0.15) is 17.5 Å². The lowest BCUT2D eigenvalue weighted by molar-refractivity contribution is 0.269. The molecule has 0 aliphatic carbocycles. The zero-order valence-corrected chi connectivity index (χ0v) is 11.4. The fraction of sp³-hybridized carbons (Fsp3) is 0.600. The largest absolute Gasteiger partial charge is 0.330 e. The van der Waals surface area contributed by atoms with E-state index in [-0.39, 0.29) is 0 Å². The summed E-state index contributed by atoms with van der Waals surface area (Å²) in [4.78, 5) is 4.98. The molecule has 1 aliphatic rings. The molecule has 1 aliphatic heterocycles. The quantitative estimate of drug-likeness (QED) is 0.871. The number of rotatable bonds is 4. The summed E-state index contributed by atoms with van der Waals surface area (Å²) < 4.78 is 0. The van der Waals surface area contributed by atoms with Gasteiger partial charge in [0.25, 0.3) is 0 Å². The first-order valence-corrected chi connectivity index (χ1v) is 6.97. The van der Waals surface area contributed by atoms with Crippen molar-refractivity contribution in [3.63, 3.8) is 0 Å². The minimum atomic E-state index is 0.734. The lowest BCUT2D eigenvalue weighted by atomic mass is 10.1. The number of nitrogens with zero attached hydrogens (tertiary/aromatic N) is 2. The molecule has 2 N–H and O–H groups in total. The number of hydrogen-bond donors (Lipinski definition) is 1. The van der Waals surface area contributed by atoms with Gasteiger partial charge in [0.2, 0.25) is 0 Å². The van der Waals surface area contributed by atoms with E-state index >= 15 is 0 Å². The summed E-state index contributed by atoms with van der Waals surface area (Å²) in [5, 5.41) is 0. The second-order valence-corrected chi connectivity index (χ2v) is 5.29. The third kappa shape index (κ3) is 4.09. The normalized spacial score (nSPS) is 18.8. The van der Waals surface area contributed by atoms with Gasteiger partial charge >= 0.3 is 0 Å². The summed E-state index contributed by atoms with van der Waals surface area (Å²) in [6.07, 6.45) is 2.26. The van der Waals surface area contributed by atoms with Gasteiger partial charge in [-0.3, -0.25) is 4.90 Å². The molecular weight excluding hydrogens is 222 g/mol. The number of hydrogen-bond acceptors (Lipinski definition) is 3. The van der Waals surface area contributed by atoms with Gasteiger partial charge in [0.15, 0.2) is 0 Å². The second kappa shape index (κ2) is 6.88. The van der Waals surface area contributed by atoms with Crippen molar-refractivity contribution >= 4 is 0 Å². The summed E-state index contributed by atoms with van der Waals surface area (Å²) in [5.41, 5.74) is 8.33. The molecule has 0 bridgehead atoms. The van der Waals surface area contributed by atoms with E-state index in [0.29, 0.717) is 0 Å². The van der Waals surface area contributed by atoms with E-state index in [1.807, 2.05) is 0 Å². The van der Waals surface area contributed by atoms with Gasteiger partial charge in [-0.05, 0) is 50.7 Å². The van der Waals surface area contributed by atoms with Gasteiger partial charge in [-0.2, -0.15) is 0 Å². The van der Waals surface area contributed by atoms with Gasteiger partial charge in [-0.15, -0.1) is 0 Å². The van der Waals surface area contributed by atoms with E-state index in [4.69, 9.17) is 5.73 Å². The highest BCUT2D eigenvalue weighted by Gasteiger charge is 2.11. The molecule has 0 amide bonds. The number of likely N-dealkylation sites (N-methyl/N-ethyl adjacent to an activating group) is 1. The van der Waals surface area contributed by atoms with Crippen molar-refractivity contribution in [2.75, 3.05) is 39.8 Å². The molecule has 18 heavy (non-hydrogen) atoms. The predicted molar refractivity (Wildman–Crippen MR) is 76.6 cm³/mol. The molecule has 1 aromatic rings. The van der Waals surface area contributed by atoms with Gasteiger partial charge < -0.3 is 10.6 Å². The van der Waals surface area contributed by atoms with Gasteiger partial charge in [0, 0.05) is 19.6 Å². The van der Waals surface area contributed by atoms with Gasteiger partial charge in [0.05, 0.1) is 0 Å². The standard InChI is InChI=1S/C15H25N3/c1-17-9-2-10-18(12-11-17)13-15-5-3-14(4-6-15)7-8-16/h3-6H,2,7-13,16H2,1H3. The van der Waals surface area contributed by atoms with E-state index in [2.05, 4.69) is 41.1 Å². The van der Waals surface area contributed by atoms with Crippen molar-refractivity contribution in [3.8, 4) is 0 Å². The first kappa shape index (κ1) is 13.5. The molecule has 0 atom stereocenters. The van der Waals surface area contributed by atoms with Crippen LogP contribution in [0.2, 0.25) is 0 Å². The molecule has 1 heterocycles. The van der Waals surface area contributed by atoms with E-state index in [9.17, 15) is 0 Å². The third-order valence-electron chi connectivity index (χ3n) is 3.67. The molecule has 0 saturated carbocycles. The van der Waals surface area contributed by atoms with Crippen molar-refractivity contribution in [2.45, 2.75) is 19.4 Å². The maximum atomic E-state index is 5.57. The summed E-state index contributed by atoms with van der Waals surface area (Å²) in [6, 6.07) is 8.93. The molecule has 0 unspecified atom stereocenters. The Morgan fingerprint density at radius 1 is 1.00 bits per heavy atom. The highest BCUT2D eigenvalue weighted by molar-refractivity contribution is 5.22. The van der Waals surface area contributed by atoms with E-state index in [1.165, 1.54) is 43.7 Å². The fourth-order valence-corrected chi connectivity index (χ4v) is 2.49. The first-order chi connectivity index (χ1) is 8.78. The highest BCUT2D eigenvalue weighted by atomic mass is 15.2. The smallest absolute Gasteiger partial charge is 0.0234 e. The Hall–Kier alpha value is -0.900. The second-order valence-electron chi connectivity index (χ2n) is 5.29. The Kier molecular flexibility index (Phi) is 5.17. The lowest BCUT2D eigenvalue weighted by Gasteiger charge is -2.20. The average Bonchev–Trinajstić information content (AvgIpc) is 2.57. The maximum absolute atomic E-state index is 5.57. The van der Waals surface area contributed by atoms with Crippen molar-refractivity contribution in [3.05, 3.63) is 35.4 Å². The molecular formula is C15H25N3. The molecule has 1 aromatic carbocycles. The van der Waals surface area contributed by atoms with Gasteiger partial charge in [0.1, 0.15) is 0 Å². The summed E-state index contributed by atoms with van der Waals surface area (Å²) in [6.45, 7) is 6.63. The highest BCUT2D eigenvalue weighted by Crippen LogP contribution is 2.10. The molecule has 3 heteroatoms. The molecule has 3 nitrogen and oxygen atoms in total. The molecule has 100 valence electrons. The van der Waals surface area contributed by atoms with Crippen LogP contribution < -0.4 is 5.73 Å². The monoisotopic (exact) mass is 247 g/mol. The van der Waals surface area contributed by atoms with Crippen molar-refractivity contribution in [1.82, 2.24) is 9.80 Å². The molecule has 2 rings (SSSR count). The van der Waals surface area contributed by atoms with Crippen LogP contribution in [0.25, 0.3) is 0 Å². The minimum Gasteiger partial charge on any atom is -0.330 e. The zero-order valence-electron chi connectivity index (χ0n) is 11.4. The SMILES string of the molecule is CN1CCCN(Cc2ccc(CCN)cc2)CC1. The Labute approximate surface area is 111 Å².